The van der Waals surface area contributed by atoms with Crippen LogP contribution in [0.5, 0.6) is 0 Å². The topological polar surface area (TPSA) is 70.3 Å². The molecule has 0 saturated carbocycles. The summed E-state index contributed by atoms with van der Waals surface area (Å²) < 4.78 is 1.95. The number of nitrogens with one attached hydrogen (secondary N) is 2. The summed E-state index contributed by atoms with van der Waals surface area (Å²) >= 11 is 0. The summed E-state index contributed by atoms with van der Waals surface area (Å²) in [7, 11) is 0. The molecular formula is C8H11N5. The van der Waals surface area contributed by atoms with Gasteiger partial charge in [0.1, 0.15) is 5.52 Å². The van der Waals surface area contributed by atoms with Crippen molar-refractivity contribution in [2.75, 3.05) is 0 Å². The number of aryl methyl sites for hydroxylation is 1. The minimum absolute atomic E-state index is 0.250. The van der Waals surface area contributed by atoms with E-state index in [1.165, 1.54) is 0 Å². The number of hydrogen-bond acceptors (Lipinski definition) is 3. The zero-order valence-corrected chi connectivity index (χ0v) is 7.41. The number of imidazole rings is 1. The van der Waals surface area contributed by atoms with Gasteiger partial charge in [0.25, 0.3) is 0 Å². The Kier molecular flexibility index (Phi) is 1.84. The van der Waals surface area contributed by atoms with Crippen LogP contribution in [0.4, 0.5) is 0 Å². The van der Waals surface area contributed by atoms with Crippen LogP contribution in [0.15, 0.2) is 12.7 Å². The predicted molar refractivity (Wildman–Crippen MR) is 48.0 cm³/mol. The molecule has 0 fully saturated rings. The van der Waals surface area contributed by atoms with E-state index in [1.54, 1.807) is 12.7 Å². The fourth-order valence-electron chi connectivity index (χ4n) is 1.33. The van der Waals surface area contributed by atoms with Gasteiger partial charge in [-0.05, 0) is 6.42 Å². The molecule has 0 bridgehead atoms. The summed E-state index contributed by atoms with van der Waals surface area (Å²) in [6.45, 7) is 2.98. The summed E-state index contributed by atoms with van der Waals surface area (Å²) in [5, 5.41) is 7.51. The smallest absolute Gasteiger partial charge is 0.173 e. The Morgan fingerprint density at radius 2 is 2.38 bits per heavy atom. The molecule has 0 atom stereocenters. The van der Waals surface area contributed by atoms with Crippen molar-refractivity contribution >= 4 is 11.2 Å². The third-order valence-corrected chi connectivity index (χ3v) is 1.92. The lowest BCUT2D eigenvalue weighted by Gasteiger charge is -2.03. The molecule has 2 aromatic heterocycles. The van der Waals surface area contributed by atoms with Crippen molar-refractivity contribution in [3.8, 4) is 0 Å². The van der Waals surface area contributed by atoms with Crippen molar-refractivity contribution in [3.63, 3.8) is 0 Å². The van der Waals surface area contributed by atoms with Crippen LogP contribution in [-0.2, 0) is 6.54 Å². The number of aromatic amines is 1. The van der Waals surface area contributed by atoms with Crippen LogP contribution in [0.1, 0.15) is 13.3 Å². The van der Waals surface area contributed by atoms with Crippen LogP contribution in [0.25, 0.3) is 11.2 Å². The third kappa shape index (κ3) is 1.22. The molecule has 0 radical (unpaired) electrons. The highest BCUT2D eigenvalue weighted by atomic mass is 15.1. The van der Waals surface area contributed by atoms with Gasteiger partial charge in [-0.15, -0.1) is 0 Å². The first-order valence-electron chi connectivity index (χ1n) is 4.26. The summed E-state index contributed by atoms with van der Waals surface area (Å²) in [6, 6.07) is 0. The number of nitrogens with zero attached hydrogens (tertiary/aromatic N) is 3. The number of H-pyrrole nitrogens is 1. The quantitative estimate of drug-likeness (QED) is 0.707. The van der Waals surface area contributed by atoms with Crippen molar-refractivity contribution in [2.45, 2.75) is 19.9 Å². The first kappa shape index (κ1) is 7.97. The Bertz CT molecular complexity index is 467. The summed E-state index contributed by atoms with van der Waals surface area (Å²) in [4.78, 5) is 11.0. The second-order valence-corrected chi connectivity index (χ2v) is 2.89. The molecule has 0 amide bonds. The lowest BCUT2D eigenvalue weighted by atomic mass is 10.4. The predicted octanol–water partition coefficient (Wildman–Crippen LogP) is 0.649. The van der Waals surface area contributed by atoms with E-state index in [0.29, 0.717) is 5.52 Å². The third-order valence-electron chi connectivity index (χ3n) is 1.92. The first-order chi connectivity index (χ1) is 6.33. The number of hydrogen-bond donors (Lipinski definition) is 2. The van der Waals surface area contributed by atoms with Crippen molar-refractivity contribution in [1.82, 2.24) is 19.5 Å². The van der Waals surface area contributed by atoms with Crippen LogP contribution in [0.2, 0.25) is 0 Å². The Morgan fingerprint density at radius 1 is 1.54 bits per heavy atom. The van der Waals surface area contributed by atoms with Crippen LogP contribution in [0, 0.1) is 5.41 Å². The van der Waals surface area contributed by atoms with Crippen molar-refractivity contribution in [1.29, 1.82) is 5.41 Å². The molecule has 13 heavy (non-hydrogen) atoms. The van der Waals surface area contributed by atoms with Gasteiger partial charge in [-0.2, -0.15) is 0 Å². The molecule has 0 aromatic carbocycles. The van der Waals surface area contributed by atoms with Crippen molar-refractivity contribution in [2.24, 2.45) is 0 Å². The molecule has 5 heteroatoms. The summed E-state index contributed by atoms with van der Waals surface area (Å²) in [5.41, 5.74) is 1.76. The lowest BCUT2D eigenvalue weighted by molar-refractivity contribution is 0.676. The minimum Gasteiger partial charge on any atom is -0.340 e. The van der Waals surface area contributed by atoms with E-state index in [9.17, 15) is 0 Å². The van der Waals surface area contributed by atoms with E-state index >= 15 is 0 Å². The van der Waals surface area contributed by atoms with Gasteiger partial charge in [0.15, 0.2) is 11.1 Å². The molecule has 0 aliphatic carbocycles. The second-order valence-electron chi connectivity index (χ2n) is 2.89. The monoisotopic (exact) mass is 177 g/mol. The first-order valence-corrected chi connectivity index (χ1v) is 4.26. The van der Waals surface area contributed by atoms with Crippen molar-refractivity contribution in [3.05, 3.63) is 18.1 Å². The fourth-order valence-corrected chi connectivity index (χ4v) is 1.33. The summed E-state index contributed by atoms with van der Waals surface area (Å²) in [6.07, 6.45) is 4.29. The van der Waals surface area contributed by atoms with Crippen LogP contribution in [-0.4, -0.2) is 19.5 Å². The molecule has 0 aliphatic heterocycles. The molecule has 0 aliphatic rings. The molecule has 0 saturated heterocycles. The van der Waals surface area contributed by atoms with E-state index in [1.807, 2.05) is 4.57 Å². The van der Waals surface area contributed by atoms with Crippen LogP contribution < -0.4 is 5.49 Å². The molecule has 0 spiro atoms. The van der Waals surface area contributed by atoms with E-state index in [0.717, 1.165) is 18.6 Å². The normalized spacial score (nSPS) is 10.8. The van der Waals surface area contributed by atoms with Crippen LogP contribution in [0.3, 0.4) is 0 Å². The molecule has 2 aromatic rings. The second kappa shape index (κ2) is 3.01. The maximum atomic E-state index is 7.51. The van der Waals surface area contributed by atoms with Crippen LogP contribution >= 0.6 is 0 Å². The molecule has 2 rings (SSSR count). The van der Waals surface area contributed by atoms with E-state index in [4.69, 9.17) is 5.41 Å². The zero-order chi connectivity index (χ0) is 9.26. The van der Waals surface area contributed by atoms with Gasteiger partial charge in [-0.3, -0.25) is 5.41 Å². The minimum atomic E-state index is 0.250. The maximum absolute atomic E-state index is 7.51. The van der Waals surface area contributed by atoms with Gasteiger partial charge in [0, 0.05) is 6.54 Å². The molecule has 5 nitrogen and oxygen atoms in total. The van der Waals surface area contributed by atoms with E-state index in [2.05, 4.69) is 21.9 Å². The number of fused-ring (bicyclic) bond motifs is 1. The highest BCUT2D eigenvalue weighted by Crippen LogP contribution is 2.02. The summed E-state index contributed by atoms with van der Waals surface area (Å²) in [5.74, 6) is 0. The van der Waals surface area contributed by atoms with Gasteiger partial charge < -0.3 is 9.55 Å². The average molecular weight is 177 g/mol. The highest BCUT2D eigenvalue weighted by molar-refractivity contribution is 5.68. The number of rotatable bonds is 2. The molecule has 2 N–H and O–H groups in total. The number of aromatic nitrogens is 4. The Balaban J connectivity index is 2.71. The van der Waals surface area contributed by atoms with Gasteiger partial charge in [-0.1, -0.05) is 6.92 Å². The van der Waals surface area contributed by atoms with Gasteiger partial charge in [-0.25, -0.2) is 9.97 Å². The van der Waals surface area contributed by atoms with Gasteiger partial charge >= 0.3 is 0 Å². The Hall–Kier alpha value is -1.65. The molecule has 0 unspecified atom stereocenters. The Labute approximate surface area is 75.0 Å². The molecular weight excluding hydrogens is 166 g/mol. The highest BCUT2D eigenvalue weighted by Gasteiger charge is 2.02. The standard InChI is InChI=1S/C8H11N5/c1-2-3-13-5-12-7(9)6-8(13)11-4-10-6/h4-5,9H,2-3H2,1H3,(H,10,11). The van der Waals surface area contributed by atoms with E-state index in [-0.39, 0.29) is 5.49 Å². The zero-order valence-electron chi connectivity index (χ0n) is 7.41. The molecule has 68 valence electrons. The average Bonchev–Trinajstić information content (AvgIpc) is 2.59. The SMILES string of the molecule is CCCn1cnc(=N)c2[nH]cnc21. The lowest BCUT2D eigenvalue weighted by Crippen LogP contribution is -2.12. The largest absolute Gasteiger partial charge is 0.340 e. The van der Waals surface area contributed by atoms with Gasteiger partial charge in [0.05, 0.1) is 12.7 Å². The molecule has 2 heterocycles. The fraction of sp³-hybridized carbons (Fsp3) is 0.375. The van der Waals surface area contributed by atoms with Crippen molar-refractivity contribution < 1.29 is 0 Å². The van der Waals surface area contributed by atoms with E-state index < -0.39 is 0 Å². The Morgan fingerprint density at radius 3 is 3.15 bits per heavy atom. The van der Waals surface area contributed by atoms with Gasteiger partial charge in [0.2, 0.25) is 0 Å². The maximum Gasteiger partial charge on any atom is 0.173 e.